The van der Waals surface area contributed by atoms with Gasteiger partial charge in [-0.1, -0.05) is 36.4 Å². The van der Waals surface area contributed by atoms with Gasteiger partial charge >= 0.3 is 0 Å². The maximum absolute atomic E-state index is 11.0. The van der Waals surface area contributed by atoms with Crippen molar-refractivity contribution in [3.05, 3.63) is 76.9 Å². The Labute approximate surface area is 182 Å². The van der Waals surface area contributed by atoms with Crippen LogP contribution < -0.4 is 9.47 Å². The molecule has 3 rings (SSSR count). The summed E-state index contributed by atoms with van der Waals surface area (Å²) in [7, 11) is 0. The molecule has 0 bridgehead atoms. The highest BCUT2D eigenvalue weighted by atomic mass is 35.5. The summed E-state index contributed by atoms with van der Waals surface area (Å²) in [5, 5.41) is 10.1. The molecule has 3 aromatic carbocycles. The number of phenolic OH excluding ortho intramolecular Hbond substituents is 1. The fourth-order valence-electron chi connectivity index (χ4n) is 3.34. The highest BCUT2D eigenvalue weighted by Gasteiger charge is 2.13. The predicted molar refractivity (Wildman–Crippen MR) is 120 cm³/mol. The minimum Gasteiger partial charge on any atom is -0.504 e. The molecule has 4 nitrogen and oxygen atoms in total. The second kappa shape index (κ2) is 10.2. The Balaban J connectivity index is 1.85. The number of hydrogen-bond donors (Lipinski definition) is 1. The molecule has 0 saturated heterocycles. The SMILES string of the molecule is Cc1c(COc2cccc(C=O)c2O)cccc1-c1cccc(OCCCCl)c1C. The summed E-state index contributed by atoms with van der Waals surface area (Å²) >= 11 is 5.75. The number of para-hydroxylation sites is 1. The van der Waals surface area contributed by atoms with Gasteiger partial charge < -0.3 is 14.6 Å². The molecule has 0 aliphatic heterocycles. The molecule has 0 heterocycles. The third-order valence-corrected chi connectivity index (χ3v) is 5.36. The van der Waals surface area contributed by atoms with Crippen molar-refractivity contribution in [3.63, 3.8) is 0 Å². The number of phenols is 1. The van der Waals surface area contributed by atoms with E-state index in [1.54, 1.807) is 18.2 Å². The number of aromatic hydroxyl groups is 1. The second-order valence-electron chi connectivity index (χ2n) is 7.01. The van der Waals surface area contributed by atoms with Gasteiger partial charge in [0.15, 0.2) is 17.8 Å². The van der Waals surface area contributed by atoms with Gasteiger partial charge in [0.2, 0.25) is 0 Å². The van der Waals surface area contributed by atoms with Crippen molar-refractivity contribution in [2.75, 3.05) is 12.5 Å². The molecule has 30 heavy (non-hydrogen) atoms. The van der Waals surface area contributed by atoms with Crippen molar-refractivity contribution < 1.29 is 19.4 Å². The number of aldehydes is 1. The van der Waals surface area contributed by atoms with Gasteiger partial charge in [0.1, 0.15) is 12.4 Å². The van der Waals surface area contributed by atoms with E-state index < -0.39 is 0 Å². The molecule has 3 aromatic rings. The molecule has 1 N–H and O–H groups in total. The first-order valence-corrected chi connectivity index (χ1v) is 10.4. The Kier molecular flexibility index (Phi) is 7.36. The van der Waals surface area contributed by atoms with Crippen LogP contribution in [0.25, 0.3) is 11.1 Å². The maximum Gasteiger partial charge on any atom is 0.168 e. The molecule has 0 fully saturated rings. The van der Waals surface area contributed by atoms with Crippen LogP contribution in [-0.2, 0) is 6.61 Å². The number of benzene rings is 3. The molecule has 0 aromatic heterocycles. The minimum absolute atomic E-state index is 0.140. The van der Waals surface area contributed by atoms with Gasteiger partial charge in [0.05, 0.1) is 12.2 Å². The zero-order valence-electron chi connectivity index (χ0n) is 17.2. The number of carbonyl (C=O) groups excluding carboxylic acids is 1. The lowest BCUT2D eigenvalue weighted by atomic mass is 9.93. The number of halogens is 1. The lowest BCUT2D eigenvalue weighted by Crippen LogP contribution is -2.02. The Morgan fingerprint density at radius 2 is 1.57 bits per heavy atom. The van der Waals surface area contributed by atoms with Crippen molar-refractivity contribution in [2.45, 2.75) is 26.9 Å². The van der Waals surface area contributed by atoms with E-state index in [4.69, 9.17) is 21.1 Å². The largest absolute Gasteiger partial charge is 0.504 e. The van der Waals surface area contributed by atoms with Crippen molar-refractivity contribution in [1.82, 2.24) is 0 Å². The highest BCUT2D eigenvalue weighted by molar-refractivity contribution is 6.17. The average molecular weight is 425 g/mol. The molecule has 0 aliphatic carbocycles. The summed E-state index contributed by atoms with van der Waals surface area (Å²) in [5.74, 6) is 1.58. The second-order valence-corrected chi connectivity index (χ2v) is 7.39. The van der Waals surface area contributed by atoms with Gasteiger partial charge in [-0.05, 0) is 66.3 Å². The van der Waals surface area contributed by atoms with Gasteiger partial charge in [0.25, 0.3) is 0 Å². The summed E-state index contributed by atoms with van der Waals surface area (Å²) < 4.78 is 11.7. The van der Waals surface area contributed by atoms with Gasteiger partial charge in [-0.25, -0.2) is 0 Å². The number of hydrogen-bond acceptors (Lipinski definition) is 4. The molecule has 0 amide bonds. The maximum atomic E-state index is 11.0. The smallest absolute Gasteiger partial charge is 0.168 e. The highest BCUT2D eigenvalue weighted by Crippen LogP contribution is 2.34. The summed E-state index contributed by atoms with van der Waals surface area (Å²) in [5.41, 5.74) is 5.57. The molecule has 0 atom stereocenters. The van der Waals surface area contributed by atoms with Crippen molar-refractivity contribution in [3.8, 4) is 28.4 Å². The van der Waals surface area contributed by atoms with Crippen LogP contribution in [0.15, 0.2) is 54.6 Å². The van der Waals surface area contributed by atoms with Crippen LogP contribution >= 0.6 is 11.6 Å². The zero-order chi connectivity index (χ0) is 21.5. The molecular formula is C25H25ClO4. The number of carbonyl (C=O) groups is 1. The van der Waals surface area contributed by atoms with Gasteiger partial charge in [0, 0.05) is 5.88 Å². The van der Waals surface area contributed by atoms with Gasteiger partial charge in [-0.3, -0.25) is 4.79 Å². The number of alkyl halides is 1. The molecule has 156 valence electrons. The summed E-state index contributed by atoms with van der Waals surface area (Å²) in [6, 6.07) is 17.0. The van der Waals surface area contributed by atoms with E-state index in [1.165, 1.54) is 0 Å². The van der Waals surface area contributed by atoms with E-state index in [2.05, 4.69) is 26.0 Å². The van der Waals surface area contributed by atoms with Crippen LogP contribution in [0.4, 0.5) is 0 Å². The van der Waals surface area contributed by atoms with Crippen LogP contribution in [-0.4, -0.2) is 23.9 Å². The predicted octanol–water partition coefficient (Wildman–Crippen LogP) is 6.08. The molecule has 0 spiro atoms. The Morgan fingerprint density at radius 1 is 0.900 bits per heavy atom. The van der Waals surface area contributed by atoms with Crippen LogP contribution in [0.1, 0.15) is 33.5 Å². The van der Waals surface area contributed by atoms with E-state index in [9.17, 15) is 9.90 Å². The van der Waals surface area contributed by atoms with Crippen molar-refractivity contribution >= 4 is 17.9 Å². The van der Waals surface area contributed by atoms with E-state index in [-0.39, 0.29) is 23.7 Å². The molecule has 0 unspecified atom stereocenters. The van der Waals surface area contributed by atoms with Gasteiger partial charge in [-0.15, -0.1) is 11.6 Å². The fourth-order valence-corrected chi connectivity index (χ4v) is 3.45. The van der Waals surface area contributed by atoms with Crippen molar-refractivity contribution in [1.29, 1.82) is 0 Å². The summed E-state index contributed by atoms with van der Waals surface area (Å²) in [6.07, 6.45) is 1.41. The monoisotopic (exact) mass is 424 g/mol. The number of rotatable bonds is 9. The Hall–Kier alpha value is -2.98. The van der Waals surface area contributed by atoms with Crippen LogP contribution in [0, 0.1) is 13.8 Å². The number of ether oxygens (including phenoxy) is 2. The molecular weight excluding hydrogens is 400 g/mol. The Morgan fingerprint density at radius 3 is 2.30 bits per heavy atom. The first kappa shape index (κ1) is 21.7. The van der Waals surface area contributed by atoms with E-state index >= 15 is 0 Å². The van der Waals surface area contributed by atoms with Crippen molar-refractivity contribution in [2.24, 2.45) is 0 Å². The first-order valence-electron chi connectivity index (χ1n) is 9.84. The third-order valence-electron chi connectivity index (χ3n) is 5.10. The normalized spacial score (nSPS) is 10.6. The summed E-state index contributed by atoms with van der Waals surface area (Å²) in [6.45, 7) is 4.97. The molecule has 0 aliphatic rings. The average Bonchev–Trinajstić information content (AvgIpc) is 2.75. The summed E-state index contributed by atoms with van der Waals surface area (Å²) in [4.78, 5) is 11.0. The van der Waals surface area contributed by atoms with Gasteiger partial charge in [-0.2, -0.15) is 0 Å². The quantitative estimate of drug-likeness (QED) is 0.257. The van der Waals surface area contributed by atoms with E-state index in [1.807, 2.05) is 24.3 Å². The lowest BCUT2D eigenvalue weighted by Gasteiger charge is -2.17. The molecule has 0 saturated carbocycles. The lowest BCUT2D eigenvalue weighted by molar-refractivity contribution is 0.112. The van der Waals surface area contributed by atoms with E-state index in [0.29, 0.717) is 18.8 Å². The zero-order valence-corrected chi connectivity index (χ0v) is 17.9. The Bertz CT molecular complexity index is 1030. The van der Waals surface area contributed by atoms with Crippen LogP contribution in [0.3, 0.4) is 0 Å². The van der Waals surface area contributed by atoms with Crippen LogP contribution in [0.5, 0.6) is 17.2 Å². The van der Waals surface area contributed by atoms with Crippen LogP contribution in [0.2, 0.25) is 0 Å². The third kappa shape index (κ3) is 4.77. The van der Waals surface area contributed by atoms with E-state index in [0.717, 1.165) is 40.0 Å². The standard InChI is InChI=1S/C25H25ClO4/c1-17-20(16-30-24-12-4-7-19(15-27)25(24)28)8-3-9-21(17)22-10-5-11-23(18(22)2)29-14-6-13-26/h3-5,7-12,15,28H,6,13-14,16H2,1-2H3. The molecule has 0 radical (unpaired) electrons. The fraction of sp³-hybridized carbons (Fsp3) is 0.240. The molecule has 5 heteroatoms. The first-order chi connectivity index (χ1) is 14.6. The minimum atomic E-state index is -0.140. The topological polar surface area (TPSA) is 55.8 Å².